The third-order valence-electron chi connectivity index (χ3n) is 4.24. The van der Waals surface area contributed by atoms with Gasteiger partial charge in [0.2, 0.25) is 0 Å². The van der Waals surface area contributed by atoms with Crippen LogP contribution in [-0.4, -0.2) is 13.9 Å². The summed E-state index contributed by atoms with van der Waals surface area (Å²) in [6.45, 7) is 6.72. The van der Waals surface area contributed by atoms with Gasteiger partial charge in [0.25, 0.3) is 0 Å². The molecule has 0 amide bonds. The van der Waals surface area contributed by atoms with E-state index in [9.17, 15) is 0 Å². The molecule has 3 heteroatoms. The van der Waals surface area contributed by atoms with E-state index < -0.39 is 0 Å². The normalized spacial score (nSPS) is 24.8. The summed E-state index contributed by atoms with van der Waals surface area (Å²) in [5.41, 5.74) is 4.50. The van der Waals surface area contributed by atoms with Crippen molar-refractivity contribution in [3.8, 4) is 0 Å². The summed E-state index contributed by atoms with van der Waals surface area (Å²) in [5, 5.41) is 0. The predicted octanol–water partition coefficient (Wildman–Crippen LogP) is 0.409. The molecule has 1 saturated carbocycles. The molecule has 0 radical (unpaired) electrons. The van der Waals surface area contributed by atoms with Crippen LogP contribution in [-0.2, 0) is 0 Å². The number of hydrogen-bond acceptors (Lipinski definition) is 2. The van der Waals surface area contributed by atoms with Gasteiger partial charge < -0.3 is 0 Å². The molecule has 1 aliphatic carbocycles. The Labute approximate surface area is 120 Å². The molecule has 1 fully saturated rings. The van der Waals surface area contributed by atoms with E-state index in [1.54, 1.807) is 5.57 Å². The fourth-order valence-electron chi connectivity index (χ4n) is 2.84. The second-order valence-electron chi connectivity index (χ2n) is 5.41. The maximum absolute atomic E-state index is 4.72. The van der Waals surface area contributed by atoms with Crippen molar-refractivity contribution in [1.29, 1.82) is 0 Å². The minimum atomic E-state index is -0.00191. The second kappa shape index (κ2) is 4.58. The van der Waals surface area contributed by atoms with Gasteiger partial charge in [0.05, 0.1) is 0 Å². The Bertz CT molecular complexity index is 503. The van der Waals surface area contributed by atoms with Crippen LogP contribution in [0, 0.1) is 16.0 Å². The Kier molecular flexibility index (Phi) is 3.20. The molecule has 2 nitrogen and oxygen atoms in total. The Morgan fingerprint density at radius 1 is 1.39 bits per heavy atom. The van der Waals surface area contributed by atoms with Crippen molar-refractivity contribution in [3.63, 3.8) is 0 Å². The third kappa shape index (κ3) is 2.00. The number of aromatic nitrogens is 2. The molecule has 1 unspecified atom stereocenters. The molecule has 1 aliphatic heterocycles. The number of halogens is 1. The summed E-state index contributed by atoms with van der Waals surface area (Å²) >= 11 is -0.00191. The van der Waals surface area contributed by atoms with Gasteiger partial charge in [-0.2, -0.15) is 0 Å². The summed E-state index contributed by atoms with van der Waals surface area (Å²) < 4.78 is 2.12. The molecular formula is C15H20IN2-. The molecule has 0 bridgehead atoms. The van der Waals surface area contributed by atoms with Gasteiger partial charge in [-0.15, -0.1) is 0 Å². The molecule has 0 aromatic carbocycles. The van der Waals surface area contributed by atoms with Gasteiger partial charge >= 0.3 is 120 Å². The number of alkyl halides is 1. The topological polar surface area (TPSA) is 25.8 Å². The van der Waals surface area contributed by atoms with Gasteiger partial charge in [0.15, 0.2) is 0 Å². The monoisotopic (exact) mass is 355 g/mol. The van der Waals surface area contributed by atoms with Gasteiger partial charge in [-0.3, -0.25) is 0 Å². The summed E-state index contributed by atoms with van der Waals surface area (Å²) in [7, 11) is 0. The number of aryl methyl sites for hydroxylation is 1. The van der Waals surface area contributed by atoms with E-state index in [1.165, 1.54) is 35.1 Å². The second-order valence-corrected chi connectivity index (χ2v) is 8.55. The van der Waals surface area contributed by atoms with Crippen molar-refractivity contribution in [2.24, 2.45) is 5.41 Å². The average molecular weight is 355 g/mol. The van der Waals surface area contributed by atoms with E-state index in [1.807, 2.05) is 13.1 Å². The molecule has 1 aromatic rings. The van der Waals surface area contributed by atoms with Crippen molar-refractivity contribution in [1.82, 2.24) is 9.97 Å². The van der Waals surface area contributed by atoms with Crippen LogP contribution in [0.3, 0.4) is 0 Å². The first-order chi connectivity index (χ1) is 8.68. The number of rotatable bonds is 3. The van der Waals surface area contributed by atoms with Gasteiger partial charge in [0, 0.05) is 0 Å². The average Bonchev–Trinajstić information content (AvgIpc) is 3.18. The molecule has 2 heterocycles. The quantitative estimate of drug-likeness (QED) is 0.580. The molecular weight excluding hydrogens is 335 g/mol. The maximum atomic E-state index is 4.72. The summed E-state index contributed by atoms with van der Waals surface area (Å²) in [6, 6.07) is 0. The van der Waals surface area contributed by atoms with Crippen LogP contribution in [0.1, 0.15) is 50.9 Å². The molecule has 3 rings (SSSR count). The van der Waals surface area contributed by atoms with E-state index in [0.29, 0.717) is 5.41 Å². The molecule has 0 saturated heterocycles. The van der Waals surface area contributed by atoms with E-state index >= 15 is 0 Å². The first kappa shape index (κ1) is 12.6. The van der Waals surface area contributed by atoms with E-state index in [0.717, 1.165) is 9.62 Å². The fourth-order valence-corrected chi connectivity index (χ4v) is 6.30. The summed E-state index contributed by atoms with van der Waals surface area (Å²) in [4.78, 5) is 9.32. The Morgan fingerprint density at radius 3 is 2.78 bits per heavy atom. The van der Waals surface area contributed by atoms with Crippen molar-refractivity contribution >= 4 is 6.08 Å². The Hall–Kier alpha value is -0.450. The number of nitrogens with zero attached hydrogens (tertiary/aromatic N) is 2. The number of allylic oxidation sites excluding steroid dienone is 1. The summed E-state index contributed by atoms with van der Waals surface area (Å²) in [6.07, 6.45) is 9.65. The zero-order chi connectivity index (χ0) is 12.8. The number of fused-ring (bicyclic) bond motifs is 1. The molecule has 1 atom stereocenters. The fraction of sp³-hybridized carbons (Fsp3) is 0.600. The van der Waals surface area contributed by atoms with Gasteiger partial charge in [-0.25, -0.2) is 0 Å². The summed E-state index contributed by atoms with van der Waals surface area (Å²) in [5.74, 6) is 0. The van der Waals surface area contributed by atoms with Gasteiger partial charge in [0.1, 0.15) is 0 Å². The van der Waals surface area contributed by atoms with E-state index in [-0.39, 0.29) is 21.2 Å². The van der Waals surface area contributed by atoms with Crippen LogP contribution in [0.15, 0.2) is 11.8 Å². The molecule has 1 aromatic heterocycles. The van der Waals surface area contributed by atoms with Crippen molar-refractivity contribution in [2.75, 3.05) is 0 Å². The Balaban J connectivity index is 2.04. The van der Waals surface area contributed by atoms with Crippen LogP contribution in [0.5, 0.6) is 0 Å². The molecule has 0 spiro atoms. The van der Waals surface area contributed by atoms with E-state index in [2.05, 4.69) is 24.9 Å². The molecule has 0 N–H and O–H groups in total. The third-order valence-corrected chi connectivity index (χ3v) is 7.93. The first-order valence-electron chi connectivity index (χ1n) is 6.87. The minimum absolute atomic E-state index is 0.00191. The number of hydrogen-bond donors (Lipinski definition) is 0. The van der Waals surface area contributed by atoms with Gasteiger partial charge in [-0.05, 0) is 0 Å². The van der Waals surface area contributed by atoms with Crippen LogP contribution < -0.4 is 21.2 Å². The predicted molar refractivity (Wildman–Crippen MR) is 69.5 cm³/mol. The van der Waals surface area contributed by atoms with Crippen LogP contribution in [0.25, 0.3) is 6.08 Å². The van der Waals surface area contributed by atoms with Crippen molar-refractivity contribution in [3.05, 3.63) is 26.9 Å². The van der Waals surface area contributed by atoms with E-state index in [4.69, 9.17) is 4.98 Å². The van der Waals surface area contributed by atoms with Gasteiger partial charge in [-0.1, -0.05) is 0 Å². The standard InChI is InChI=1S/C15H20IN2/c1-4-12-11(15(5-2)6-7-15)8-13-14(16-12)18-10(3)9-17-13/h8-9,12H,4-7H2,1-3H3/q-1. The SMILES string of the molecule is CCC1[I-]c2nc(C)cnc2C=C1C1(CC)CC1. The van der Waals surface area contributed by atoms with Crippen LogP contribution in [0.2, 0.25) is 0 Å². The van der Waals surface area contributed by atoms with Crippen molar-refractivity contribution in [2.45, 2.75) is 50.4 Å². The Morgan fingerprint density at radius 2 is 2.17 bits per heavy atom. The zero-order valence-electron chi connectivity index (χ0n) is 11.3. The molecule has 98 valence electrons. The van der Waals surface area contributed by atoms with Crippen LogP contribution in [0.4, 0.5) is 0 Å². The van der Waals surface area contributed by atoms with Crippen LogP contribution >= 0.6 is 0 Å². The molecule has 18 heavy (non-hydrogen) atoms. The first-order valence-corrected chi connectivity index (χ1v) is 9.20. The zero-order valence-corrected chi connectivity index (χ0v) is 13.5. The molecule has 2 aliphatic rings. The van der Waals surface area contributed by atoms with Crippen molar-refractivity contribution < 1.29 is 21.2 Å².